The predicted molar refractivity (Wildman–Crippen MR) is 102 cm³/mol. The highest BCUT2D eigenvalue weighted by Crippen LogP contribution is 2.42. The predicted octanol–water partition coefficient (Wildman–Crippen LogP) is 2.25. The van der Waals surface area contributed by atoms with Gasteiger partial charge in [-0.15, -0.1) is 0 Å². The normalized spacial score (nSPS) is 22.8. The van der Waals surface area contributed by atoms with Gasteiger partial charge in [-0.2, -0.15) is 5.10 Å². The minimum absolute atomic E-state index is 0.0761. The van der Waals surface area contributed by atoms with E-state index in [-0.39, 0.29) is 18.0 Å². The van der Waals surface area contributed by atoms with Crippen LogP contribution in [0, 0.1) is 17.8 Å². The number of rotatable bonds is 6. The Bertz CT molecular complexity index is 934. The fourth-order valence-electron chi connectivity index (χ4n) is 4.06. The number of fused-ring (bicyclic) bond motifs is 2. The number of hydrogen-bond donors (Lipinski definition) is 1. The van der Waals surface area contributed by atoms with Crippen LogP contribution in [0.1, 0.15) is 12.8 Å². The van der Waals surface area contributed by atoms with Crippen LogP contribution in [0.3, 0.4) is 0 Å². The molecule has 0 unspecified atom stereocenters. The zero-order valence-corrected chi connectivity index (χ0v) is 15.3. The number of hydrogen-bond acceptors (Lipinski definition) is 4. The number of amides is 1. The fraction of sp³-hybridized carbons (Fsp3) is 0.381. The summed E-state index contributed by atoms with van der Waals surface area (Å²) in [5.41, 5.74) is 1.16. The molecule has 3 atom stereocenters. The average Bonchev–Trinajstić information content (AvgIpc) is 3.31. The minimum atomic E-state index is -0.292. The topological polar surface area (TPSA) is 73.2 Å². The molecule has 2 aliphatic rings. The van der Waals surface area contributed by atoms with Crippen molar-refractivity contribution in [1.29, 1.82) is 0 Å². The molecule has 0 radical (unpaired) electrons. The monoisotopic (exact) mass is 365 g/mol. The van der Waals surface area contributed by atoms with Gasteiger partial charge in [0.05, 0.1) is 12.8 Å². The van der Waals surface area contributed by atoms with E-state index in [1.165, 1.54) is 17.2 Å². The van der Waals surface area contributed by atoms with Crippen molar-refractivity contribution in [3.05, 3.63) is 58.9 Å². The molecular formula is C21H23N3O3. The molecule has 0 saturated heterocycles. The van der Waals surface area contributed by atoms with Crippen molar-refractivity contribution in [1.82, 2.24) is 15.1 Å². The van der Waals surface area contributed by atoms with Gasteiger partial charge in [0.1, 0.15) is 12.3 Å². The smallest absolute Gasteiger partial charge is 0.267 e. The second kappa shape index (κ2) is 7.39. The van der Waals surface area contributed by atoms with Gasteiger partial charge in [-0.1, -0.05) is 24.3 Å². The van der Waals surface area contributed by atoms with Crippen LogP contribution in [-0.2, 0) is 11.3 Å². The lowest BCUT2D eigenvalue weighted by Crippen LogP contribution is -2.36. The Balaban J connectivity index is 1.42. The number of benzene rings is 1. The number of ether oxygens (including phenoxy) is 1. The van der Waals surface area contributed by atoms with Gasteiger partial charge in [0, 0.05) is 18.2 Å². The van der Waals surface area contributed by atoms with E-state index >= 15 is 0 Å². The SMILES string of the molecule is COc1cccc(-c2ccc(=O)n(CC(=O)NC[C@@H]3C[C@H]4C=C[C@@H]3C4)n2)c1. The molecule has 1 N–H and O–H groups in total. The fourth-order valence-corrected chi connectivity index (χ4v) is 4.06. The summed E-state index contributed by atoms with van der Waals surface area (Å²) in [5.74, 6) is 2.31. The highest BCUT2D eigenvalue weighted by Gasteiger charge is 2.35. The first-order valence-corrected chi connectivity index (χ1v) is 9.30. The lowest BCUT2D eigenvalue weighted by molar-refractivity contribution is -0.122. The van der Waals surface area contributed by atoms with Gasteiger partial charge in [0.25, 0.3) is 5.56 Å². The highest BCUT2D eigenvalue weighted by molar-refractivity contribution is 5.75. The van der Waals surface area contributed by atoms with Crippen LogP contribution in [-0.4, -0.2) is 29.3 Å². The largest absolute Gasteiger partial charge is 0.497 e. The molecule has 2 bridgehead atoms. The number of nitrogens with zero attached hydrogens (tertiary/aromatic N) is 2. The molecule has 1 aromatic heterocycles. The van der Waals surface area contributed by atoms with E-state index in [4.69, 9.17) is 4.74 Å². The summed E-state index contributed by atoms with van der Waals surface area (Å²) < 4.78 is 6.44. The molecule has 6 nitrogen and oxygen atoms in total. The molecular weight excluding hydrogens is 342 g/mol. The summed E-state index contributed by atoms with van der Waals surface area (Å²) in [5, 5.41) is 7.32. The molecule has 1 fully saturated rings. The van der Waals surface area contributed by atoms with Crippen molar-refractivity contribution in [2.75, 3.05) is 13.7 Å². The maximum absolute atomic E-state index is 12.3. The van der Waals surface area contributed by atoms with E-state index in [0.717, 1.165) is 12.0 Å². The van der Waals surface area contributed by atoms with E-state index in [2.05, 4.69) is 22.6 Å². The first kappa shape index (κ1) is 17.5. The Morgan fingerprint density at radius 3 is 2.89 bits per heavy atom. The van der Waals surface area contributed by atoms with E-state index in [1.807, 2.05) is 24.3 Å². The van der Waals surface area contributed by atoms with Crippen LogP contribution in [0.25, 0.3) is 11.3 Å². The van der Waals surface area contributed by atoms with Gasteiger partial charge < -0.3 is 10.1 Å². The molecule has 140 valence electrons. The average molecular weight is 365 g/mol. The van der Waals surface area contributed by atoms with Gasteiger partial charge in [-0.25, -0.2) is 4.68 Å². The molecule has 2 aromatic rings. The van der Waals surface area contributed by atoms with E-state index in [9.17, 15) is 9.59 Å². The third-order valence-corrected chi connectivity index (χ3v) is 5.50. The van der Waals surface area contributed by atoms with Crippen LogP contribution < -0.4 is 15.6 Å². The summed E-state index contributed by atoms with van der Waals surface area (Å²) in [6.07, 6.45) is 6.92. The number of aromatic nitrogens is 2. The molecule has 27 heavy (non-hydrogen) atoms. The van der Waals surface area contributed by atoms with Gasteiger partial charge >= 0.3 is 0 Å². The Morgan fingerprint density at radius 2 is 2.15 bits per heavy atom. The van der Waals surface area contributed by atoms with E-state index in [1.54, 1.807) is 13.2 Å². The third-order valence-electron chi connectivity index (χ3n) is 5.50. The molecule has 0 spiro atoms. The standard InChI is InChI=1S/C21H23N3O3/c1-27-18-4-2-3-16(11-18)19-7-8-21(26)24(23-19)13-20(25)22-12-17-10-14-5-6-15(17)9-14/h2-8,11,14-15,17H,9-10,12-13H2,1H3,(H,22,25)/t14-,15+,17-/m0/s1. The maximum Gasteiger partial charge on any atom is 0.267 e. The number of nitrogens with one attached hydrogen (secondary N) is 1. The van der Waals surface area contributed by atoms with Crippen LogP contribution in [0.2, 0.25) is 0 Å². The van der Waals surface area contributed by atoms with Gasteiger partial charge in [-0.05, 0) is 48.8 Å². The third kappa shape index (κ3) is 3.79. The number of methoxy groups -OCH3 is 1. The zero-order chi connectivity index (χ0) is 18.8. The molecule has 1 amide bonds. The number of carbonyl (C=O) groups excluding carboxylic acids is 1. The Labute approximate surface area is 157 Å². The van der Waals surface area contributed by atoms with Crippen molar-refractivity contribution in [3.8, 4) is 17.0 Å². The first-order chi connectivity index (χ1) is 13.1. The summed E-state index contributed by atoms with van der Waals surface area (Å²) in [7, 11) is 1.60. The Hall–Kier alpha value is -2.89. The molecule has 1 aromatic carbocycles. The zero-order valence-electron chi connectivity index (χ0n) is 15.3. The first-order valence-electron chi connectivity index (χ1n) is 9.30. The maximum atomic E-state index is 12.3. The van der Waals surface area contributed by atoms with Crippen molar-refractivity contribution in [3.63, 3.8) is 0 Å². The molecule has 0 aliphatic heterocycles. The molecule has 1 heterocycles. The lowest BCUT2D eigenvalue weighted by atomic mass is 9.94. The lowest BCUT2D eigenvalue weighted by Gasteiger charge is -2.18. The van der Waals surface area contributed by atoms with Crippen LogP contribution >= 0.6 is 0 Å². The quantitative estimate of drug-likeness (QED) is 0.797. The van der Waals surface area contributed by atoms with Gasteiger partial charge in [0.15, 0.2) is 0 Å². The van der Waals surface area contributed by atoms with Crippen LogP contribution in [0.5, 0.6) is 5.75 Å². The second-order valence-electron chi connectivity index (χ2n) is 7.29. The van der Waals surface area contributed by atoms with Crippen molar-refractivity contribution in [2.24, 2.45) is 17.8 Å². The summed E-state index contributed by atoms with van der Waals surface area (Å²) in [4.78, 5) is 24.4. The van der Waals surface area contributed by atoms with Crippen LogP contribution in [0.4, 0.5) is 0 Å². The summed E-state index contributed by atoms with van der Waals surface area (Å²) in [6, 6.07) is 10.5. The molecule has 1 saturated carbocycles. The highest BCUT2D eigenvalue weighted by atomic mass is 16.5. The van der Waals surface area contributed by atoms with Crippen LogP contribution in [0.15, 0.2) is 53.3 Å². The number of allylic oxidation sites excluding steroid dienone is 2. The van der Waals surface area contributed by atoms with Gasteiger partial charge in [-0.3, -0.25) is 9.59 Å². The molecule has 2 aliphatic carbocycles. The molecule has 6 heteroatoms. The molecule has 4 rings (SSSR count). The Kier molecular flexibility index (Phi) is 4.79. The second-order valence-corrected chi connectivity index (χ2v) is 7.29. The van der Waals surface area contributed by atoms with Crippen molar-refractivity contribution in [2.45, 2.75) is 19.4 Å². The number of carbonyl (C=O) groups is 1. The summed E-state index contributed by atoms with van der Waals surface area (Å²) in [6.45, 7) is 0.585. The van der Waals surface area contributed by atoms with E-state index in [0.29, 0.717) is 35.7 Å². The van der Waals surface area contributed by atoms with Gasteiger partial charge in [0.2, 0.25) is 5.91 Å². The Morgan fingerprint density at radius 1 is 1.26 bits per heavy atom. The van der Waals surface area contributed by atoms with Crippen molar-refractivity contribution >= 4 is 5.91 Å². The summed E-state index contributed by atoms with van der Waals surface area (Å²) >= 11 is 0. The van der Waals surface area contributed by atoms with Crippen molar-refractivity contribution < 1.29 is 9.53 Å². The minimum Gasteiger partial charge on any atom is -0.497 e. The van der Waals surface area contributed by atoms with E-state index < -0.39 is 0 Å².